The Bertz CT molecular complexity index is 218. The third-order valence-electron chi connectivity index (χ3n) is 2.13. The zero-order valence-electron chi connectivity index (χ0n) is 8.77. The van der Waals surface area contributed by atoms with Crippen LogP contribution in [0.25, 0.3) is 0 Å². The minimum absolute atomic E-state index is 0.0254. The Kier molecular flexibility index (Phi) is 4.10. The highest BCUT2D eigenvalue weighted by Crippen LogP contribution is 2.10. The van der Waals surface area contributed by atoms with E-state index in [0.717, 1.165) is 0 Å². The maximum absolute atomic E-state index is 11.6. The number of hydrogen-bond donors (Lipinski definition) is 1. The van der Waals surface area contributed by atoms with Crippen LogP contribution in [-0.4, -0.2) is 42.6 Å². The molecule has 4 heteroatoms. The fourth-order valence-corrected chi connectivity index (χ4v) is 1.63. The third-order valence-corrected chi connectivity index (χ3v) is 2.13. The number of amides is 1. The largest absolute Gasteiger partial charge is 0.372 e. The minimum atomic E-state index is 0.0254. The molecule has 1 aliphatic heterocycles. The third kappa shape index (κ3) is 3.12. The van der Waals surface area contributed by atoms with E-state index in [1.807, 2.05) is 13.8 Å². The molecular weight excluding hydrogens is 180 g/mol. The molecule has 2 N–H and O–H groups in total. The average molecular weight is 198 g/mol. The molecule has 1 rings (SSSR count). The zero-order valence-corrected chi connectivity index (χ0v) is 8.77. The average Bonchev–Trinajstić information content (AvgIpc) is 2.12. The maximum atomic E-state index is 11.6. The number of rotatable bonds is 2. The van der Waals surface area contributed by atoms with Gasteiger partial charge in [0.05, 0.1) is 12.2 Å². The Hall–Kier alpha value is -0.870. The van der Waals surface area contributed by atoms with E-state index in [0.29, 0.717) is 19.6 Å². The van der Waals surface area contributed by atoms with E-state index < -0.39 is 0 Å². The Morgan fingerprint density at radius 2 is 2.07 bits per heavy atom. The molecule has 0 radical (unpaired) electrons. The van der Waals surface area contributed by atoms with Crippen LogP contribution < -0.4 is 5.73 Å². The van der Waals surface area contributed by atoms with Gasteiger partial charge in [-0.3, -0.25) is 4.79 Å². The molecule has 0 bridgehead atoms. The zero-order chi connectivity index (χ0) is 10.6. The first-order valence-electron chi connectivity index (χ1n) is 4.94. The predicted molar refractivity (Wildman–Crippen MR) is 54.8 cm³/mol. The van der Waals surface area contributed by atoms with Crippen LogP contribution in [0.1, 0.15) is 13.8 Å². The van der Waals surface area contributed by atoms with Crippen LogP contribution in [0.15, 0.2) is 12.2 Å². The van der Waals surface area contributed by atoms with Crippen LogP contribution in [0.3, 0.4) is 0 Å². The standard InChI is InChI=1S/C10H18N2O2/c1-8-6-12(7-9(2)14-8)10(13)4-3-5-11/h3-4,8-9H,5-7,11H2,1-2H3/b4-3+/t8-,9+. The normalized spacial score (nSPS) is 28.4. The summed E-state index contributed by atoms with van der Waals surface area (Å²) in [6, 6.07) is 0. The van der Waals surface area contributed by atoms with E-state index in [9.17, 15) is 4.79 Å². The molecule has 0 aromatic heterocycles. The molecule has 1 fully saturated rings. The van der Waals surface area contributed by atoms with Gasteiger partial charge in [0.1, 0.15) is 0 Å². The van der Waals surface area contributed by atoms with Gasteiger partial charge in [-0.05, 0) is 13.8 Å². The summed E-state index contributed by atoms with van der Waals surface area (Å²) < 4.78 is 5.53. The van der Waals surface area contributed by atoms with Crippen LogP contribution in [0.5, 0.6) is 0 Å². The first kappa shape index (κ1) is 11.2. The fourth-order valence-electron chi connectivity index (χ4n) is 1.63. The summed E-state index contributed by atoms with van der Waals surface area (Å²) in [6.07, 6.45) is 3.45. The Morgan fingerprint density at radius 3 is 2.57 bits per heavy atom. The van der Waals surface area contributed by atoms with Gasteiger partial charge >= 0.3 is 0 Å². The number of nitrogens with two attached hydrogens (primary N) is 1. The number of morpholine rings is 1. The molecule has 0 aromatic rings. The van der Waals surface area contributed by atoms with E-state index in [1.165, 1.54) is 6.08 Å². The second-order valence-corrected chi connectivity index (χ2v) is 3.64. The van der Waals surface area contributed by atoms with Crippen molar-refractivity contribution >= 4 is 5.91 Å². The second-order valence-electron chi connectivity index (χ2n) is 3.64. The van der Waals surface area contributed by atoms with Crippen molar-refractivity contribution in [1.29, 1.82) is 0 Å². The van der Waals surface area contributed by atoms with Crippen molar-refractivity contribution in [3.63, 3.8) is 0 Å². The first-order valence-corrected chi connectivity index (χ1v) is 4.94. The van der Waals surface area contributed by atoms with Gasteiger partial charge in [-0.25, -0.2) is 0 Å². The van der Waals surface area contributed by atoms with Crippen LogP contribution >= 0.6 is 0 Å². The van der Waals surface area contributed by atoms with Crippen LogP contribution in [-0.2, 0) is 9.53 Å². The molecule has 0 unspecified atom stereocenters. The molecule has 4 nitrogen and oxygen atoms in total. The Morgan fingerprint density at radius 1 is 1.50 bits per heavy atom. The number of carbonyl (C=O) groups is 1. The molecule has 0 saturated carbocycles. The predicted octanol–water partition coefficient (Wildman–Crippen LogP) is 0.137. The second kappa shape index (κ2) is 5.12. The topological polar surface area (TPSA) is 55.6 Å². The van der Waals surface area contributed by atoms with Gasteiger partial charge in [0.25, 0.3) is 0 Å². The lowest BCUT2D eigenvalue weighted by molar-refractivity contribution is -0.138. The molecule has 80 valence electrons. The highest BCUT2D eigenvalue weighted by Gasteiger charge is 2.24. The fraction of sp³-hybridized carbons (Fsp3) is 0.700. The van der Waals surface area contributed by atoms with E-state index >= 15 is 0 Å². The Balaban J connectivity index is 2.50. The van der Waals surface area contributed by atoms with Crippen molar-refractivity contribution in [2.75, 3.05) is 19.6 Å². The smallest absolute Gasteiger partial charge is 0.246 e. The molecule has 0 aliphatic carbocycles. The molecule has 1 amide bonds. The van der Waals surface area contributed by atoms with Crippen molar-refractivity contribution in [3.05, 3.63) is 12.2 Å². The van der Waals surface area contributed by atoms with Gasteiger partial charge in [0.15, 0.2) is 0 Å². The molecule has 0 spiro atoms. The maximum Gasteiger partial charge on any atom is 0.246 e. The molecule has 1 saturated heterocycles. The number of hydrogen-bond acceptors (Lipinski definition) is 3. The van der Waals surface area contributed by atoms with Gasteiger partial charge in [0.2, 0.25) is 5.91 Å². The van der Waals surface area contributed by atoms with Crippen molar-refractivity contribution in [2.24, 2.45) is 5.73 Å². The molecule has 0 aromatic carbocycles. The molecular formula is C10H18N2O2. The van der Waals surface area contributed by atoms with Crippen LogP contribution in [0.2, 0.25) is 0 Å². The van der Waals surface area contributed by atoms with Gasteiger partial charge in [-0.2, -0.15) is 0 Å². The van der Waals surface area contributed by atoms with Crippen molar-refractivity contribution in [1.82, 2.24) is 4.90 Å². The molecule has 1 aliphatic rings. The number of ether oxygens (including phenoxy) is 1. The van der Waals surface area contributed by atoms with Gasteiger partial charge in [-0.15, -0.1) is 0 Å². The van der Waals surface area contributed by atoms with E-state index in [-0.39, 0.29) is 18.1 Å². The lowest BCUT2D eigenvalue weighted by Gasteiger charge is -2.34. The summed E-state index contributed by atoms with van der Waals surface area (Å²) in [5.74, 6) is 0.0254. The van der Waals surface area contributed by atoms with E-state index in [1.54, 1.807) is 11.0 Å². The number of nitrogens with zero attached hydrogens (tertiary/aromatic N) is 1. The SMILES string of the molecule is C[C@@H]1CN(C(=O)/C=C/CN)C[C@H](C)O1. The lowest BCUT2D eigenvalue weighted by Crippen LogP contribution is -2.47. The van der Waals surface area contributed by atoms with Crippen molar-refractivity contribution in [2.45, 2.75) is 26.1 Å². The van der Waals surface area contributed by atoms with Crippen molar-refractivity contribution < 1.29 is 9.53 Å². The first-order chi connectivity index (χ1) is 6.63. The summed E-state index contributed by atoms with van der Waals surface area (Å²) in [6.45, 7) is 5.68. The summed E-state index contributed by atoms with van der Waals surface area (Å²) >= 11 is 0. The molecule has 2 atom stereocenters. The lowest BCUT2D eigenvalue weighted by atomic mass is 10.2. The van der Waals surface area contributed by atoms with Crippen molar-refractivity contribution in [3.8, 4) is 0 Å². The van der Waals surface area contributed by atoms with Crippen LogP contribution in [0, 0.1) is 0 Å². The summed E-state index contributed by atoms with van der Waals surface area (Å²) in [4.78, 5) is 13.4. The highest BCUT2D eigenvalue weighted by molar-refractivity contribution is 5.87. The van der Waals surface area contributed by atoms with Crippen LogP contribution in [0.4, 0.5) is 0 Å². The van der Waals surface area contributed by atoms with Gasteiger partial charge < -0.3 is 15.4 Å². The van der Waals surface area contributed by atoms with Gasteiger partial charge in [0, 0.05) is 25.7 Å². The van der Waals surface area contributed by atoms with E-state index in [4.69, 9.17) is 10.5 Å². The minimum Gasteiger partial charge on any atom is -0.372 e. The molecule has 14 heavy (non-hydrogen) atoms. The quantitative estimate of drug-likeness (QED) is 0.642. The van der Waals surface area contributed by atoms with E-state index in [2.05, 4.69) is 0 Å². The summed E-state index contributed by atoms with van der Waals surface area (Å²) in [7, 11) is 0. The Labute approximate surface area is 84.7 Å². The number of carbonyl (C=O) groups excluding carboxylic acids is 1. The highest BCUT2D eigenvalue weighted by atomic mass is 16.5. The van der Waals surface area contributed by atoms with Gasteiger partial charge in [-0.1, -0.05) is 6.08 Å². The molecule has 1 heterocycles. The summed E-state index contributed by atoms with van der Waals surface area (Å²) in [5, 5.41) is 0. The summed E-state index contributed by atoms with van der Waals surface area (Å²) in [5.41, 5.74) is 5.28. The monoisotopic (exact) mass is 198 g/mol.